The van der Waals surface area contributed by atoms with Crippen molar-refractivity contribution < 1.29 is 20.4 Å². The first kappa shape index (κ1) is 34.0. The second kappa shape index (κ2) is 14.8. The highest BCUT2D eigenvalue weighted by Gasteiger charge is 2.30. The van der Waals surface area contributed by atoms with Crippen LogP contribution in [-0.4, -0.2) is 20.4 Å². The van der Waals surface area contributed by atoms with Crippen molar-refractivity contribution in [3.05, 3.63) is 166 Å². The van der Waals surface area contributed by atoms with Gasteiger partial charge in [-0.1, -0.05) is 104 Å². The third-order valence-corrected chi connectivity index (χ3v) is 10.9. The van der Waals surface area contributed by atoms with Gasteiger partial charge in [-0.15, -0.1) is 0 Å². The van der Waals surface area contributed by atoms with Crippen molar-refractivity contribution in [1.82, 2.24) is 0 Å². The molecule has 1 aliphatic carbocycles. The predicted molar refractivity (Wildman–Crippen MR) is 207 cm³/mol. The molecular weight excluding hydrogens is 629 g/mol. The molecule has 6 aromatic carbocycles. The Balaban J connectivity index is 1.38. The molecule has 6 aromatic rings. The molecule has 0 radical (unpaired) electrons. The van der Waals surface area contributed by atoms with Gasteiger partial charge >= 0.3 is 0 Å². The van der Waals surface area contributed by atoms with E-state index in [9.17, 15) is 20.4 Å². The summed E-state index contributed by atoms with van der Waals surface area (Å²) in [6.45, 7) is 4.00. The minimum absolute atomic E-state index is 0.201. The molecule has 51 heavy (non-hydrogen) atoms. The first-order chi connectivity index (χ1) is 24.7. The molecule has 4 heteroatoms. The van der Waals surface area contributed by atoms with Crippen molar-refractivity contribution in [1.29, 1.82) is 0 Å². The van der Waals surface area contributed by atoms with Gasteiger partial charge in [-0.3, -0.25) is 0 Å². The van der Waals surface area contributed by atoms with E-state index in [1.165, 1.54) is 17.5 Å². The van der Waals surface area contributed by atoms with Crippen LogP contribution in [0.25, 0.3) is 22.3 Å². The van der Waals surface area contributed by atoms with Crippen LogP contribution in [0.1, 0.15) is 88.4 Å². The van der Waals surface area contributed by atoms with Gasteiger partial charge in [-0.2, -0.15) is 0 Å². The molecule has 0 bridgehead atoms. The lowest BCUT2D eigenvalue weighted by Crippen LogP contribution is -2.12. The third-order valence-electron chi connectivity index (χ3n) is 10.9. The van der Waals surface area contributed by atoms with Crippen LogP contribution in [0.5, 0.6) is 23.0 Å². The van der Waals surface area contributed by atoms with Crippen LogP contribution in [0, 0.1) is 13.8 Å². The van der Waals surface area contributed by atoms with Crippen LogP contribution in [-0.2, 0) is 12.8 Å². The fourth-order valence-corrected chi connectivity index (χ4v) is 8.08. The molecule has 1 saturated carbocycles. The Bertz CT molecular complexity index is 2000. The van der Waals surface area contributed by atoms with Crippen LogP contribution in [0.2, 0.25) is 0 Å². The molecule has 0 saturated heterocycles. The topological polar surface area (TPSA) is 80.9 Å². The van der Waals surface area contributed by atoms with Gasteiger partial charge in [-0.25, -0.2) is 0 Å². The standard InChI is InChI=1S/C47H46O4/c1-30-22-40(48)20-18-34(30)24-38-26-36(28-44(46(38)50)32-12-6-3-7-13-32)42-16-10-5-11-17-43(42)37-27-39(25-35-19-21-41(49)23-31(35)2)47(51)45(29-37)33-14-8-4-9-15-33/h3-4,6-9,12-15,18-23,26-29,42-43,48-51H,5,10-11,16-17,24-25H2,1-2H3. The molecular formula is C47H46O4. The van der Waals surface area contributed by atoms with Crippen molar-refractivity contribution in [2.45, 2.75) is 70.6 Å². The first-order valence-electron chi connectivity index (χ1n) is 18.1. The Kier molecular flexibility index (Phi) is 9.85. The summed E-state index contributed by atoms with van der Waals surface area (Å²) in [5.74, 6) is 1.47. The van der Waals surface area contributed by atoms with Gasteiger partial charge in [0.15, 0.2) is 0 Å². The Morgan fingerprint density at radius 3 is 1.25 bits per heavy atom. The highest BCUT2D eigenvalue weighted by Crippen LogP contribution is 2.48. The van der Waals surface area contributed by atoms with E-state index in [1.807, 2.05) is 62.4 Å². The molecule has 4 N–H and O–H groups in total. The van der Waals surface area contributed by atoms with E-state index in [4.69, 9.17) is 0 Å². The number of phenols is 4. The number of hydrogen-bond acceptors (Lipinski definition) is 4. The summed E-state index contributed by atoms with van der Waals surface area (Å²) in [5.41, 5.74) is 11.9. The molecule has 258 valence electrons. The fourth-order valence-electron chi connectivity index (χ4n) is 8.08. The Hall–Kier alpha value is -5.48. The average molecular weight is 675 g/mol. The Labute approximate surface area is 301 Å². The fraction of sp³-hybridized carbons (Fsp3) is 0.234. The molecule has 2 atom stereocenters. The van der Waals surface area contributed by atoms with Crippen molar-refractivity contribution in [2.75, 3.05) is 0 Å². The maximum Gasteiger partial charge on any atom is 0.126 e. The zero-order chi connectivity index (χ0) is 35.5. The zero-order valence-electron chi connectivity index (χ0n) is 29.4. The monoisotopic (exact) mass is 674 g/mol. The molecule has 0 heterocycles. The summed E-state index contributed by atoms with van der Waals surface area (Å²) in [4.78, 5) is 0. The summed E-state index contributed by atoms with van der Waals surface area (Å²) in [7, 11) is 0. The van der Waals surface area contributed by atoms with Crippen molar-refractivity contribution in [3.8, 4) is 45.3 Å². The SMILES string of the molecule is Cc1cc(O)ccc1Cc1cc(C2CCCCCC2c2cc(Cc3ccc(O)cc3C)c(O)c(-c3ccccc3)c2)cc(-c2ccccc2)c1O. The van der Waals surface area contributed by atoms with Gasteiger partial charge in [0.1, 0.15) is 23.0 Å². The number of hydrogen-bond donors (Lipinski definition) is 4. The maximum absolute atomic E-state index is 11.8. The minimum atomic E-state index is 0.201. The second-order valence-electron chi connectivity index (χ2n) is 14.3. The Morgan fingerprint density at radius 1 is 0.451 bits per heavy atom. The van der Waals surface area contributed by atoms with E-state index in [2.05, 4.69) is 48.5 Å². The smallest absolute Gasteiger partial charge is 0.126 e. The highest BCUT2D eigenvalue weighted by atomic mass is 16.3. The van der Waals surface area contributed by atoms with Crippen molar-refractivity contribution in [3.63, 3.8) is 0 Å². The van der Waals surface area contributed by atoms with Crippen LogP contribution < -0.4 is 0 Å². The van der Waals surface area contributed by atoms with Gasteiger partial charge in [0.05, 0.1) is 0 Å². The number of rotatable bonds is 8. The summed E-state index contributed by atoms with van der Waals surface area (Å²) in [6.07, 6.45) is 6.56. The number of phenolic OH excluding ortho intramolecular Hbond substituents is 4. The van der Waals surface area contributed by atoms with Crippen molar-refractivity contribution >= 4 is 0 Å². The van der Waals surface area contributed by atoms with E-state index in [-0.39, 0.29) is 23.3 Å². The molecule has 2 unspecified atom stereocenters. The zero-order valence-corrected chi connectivity index (χ0v) is 29.4. The quantitative estimate of drug-likeness (QED) is 0.121. The molecule has 0 aliphatic heterocycles. The van der Waals surface area contributed by atoms with Gasteiger partial charge in [0, 0.05) is 24.0 Å². The second-order valence-corrected chi connectivity index (χ2v) is 14.3. The number of benzene rings is 6. The van der Waals surface area contributed by atoms with E-state index in [0.717, 1.165) is 81.3 Å². The van der Waals surface area contributed by atoms with Crippen LogP contribution in [0.4, 0.5) is 0 Å². The predicted octanol–water partition coefficient (Wildman–Crippen LogP) is 11.5. The molecule has 4 nitrogen and oxygen atoms in total. The van der Waals surface area contributed by atoms with E-state index >= 15 is 0 Å². The van der Waals surface area contributed by atoms with Gasteiger partial charge in [-0.05, 0) is 131 Å². The number of aromatic hydroxyl groups is 4. The lowest BCUT2D eigenvalue weighted by atomic mass is 9.75. The van der Waals surface area contributed by atoms with E-state index in [0.29, 0.717) is 24.3 Å². The van der Waals surface area contributed by atoms with Crippen LogP contribution in [0.15, 0.2) is 121 Å². The highest BCUT2D eigenvalue weighted by molar-refractivity contribution is 5.75. The molecule has 1 aliphatic rings. The summed E-state index contributed by atoms with van der Waals surface area (Å²) in [5, 5.41) is 43.8. The lowest BCUT2D eigenvalue weighted by molar-refractivity contribution is 0.466. The normalized spacial score (nSPS) is 16.1. The largest absolute Gasteiger partial charge is 0.508 e. The summed E-state index contributed by atoms with van der Waals surface area (Å²) < 4.78 is 0. The van der Waals surface area contributed by atoms with Gasteiger partial charge in [0.25, 0.3) is 0 Å². The molecule has 7 rings (SSSR count). The summed E-state index contributed by atoms with van der Waals surface area (Å²) >= 11 is 0. The number of aryl methyl sites for hydroxylation is 2. The van der Waals surface area contributed by atoms with Gasteiger partial charge < -0.3 is 20.4 Å². The van der Waals surface area contributed by atoms with Crippen molar-refractivity contribution in [2.24, 2.45) is 0 Å². The average Bonchev–Trinajstić information content (AvgIpc) is 3.39. The molecule has 0 amide bonds. The lowest BCUT2D eigenvalue weighted by Gasteiger charge is -2.29. The van der Waals surface area contributed by atoms with Crippen LogP contribution >= 0.6 is 0 Å². The first-order valence-corrected chi connectivity index (χ1v) is 18.1. The van der Waals surface area contributed by atoms with Gasteiger partial charge in [0.2, 0.25) is 0 Å². The minimum Gasteiger partial charge on any atom is -0.508 e. The maximum atomic E-state index is 11.8. The van der Waals surface area contributed by atoms with E-state index in [1.54, 1.807) is 24.3 Å². The van der Waals surface area contributed by atoms with E-state index < -0.39 is 0 Å². The van der Waals surface area contributed by atoms with Crippen LogP contribution in [0.3, 0.4) is 0 Å². The summed E-state index contributed by atoms with van der Waals surface area (Å²) in [6, 6.07) is 40.0. The molecule has 1 fully saturated rings. The molecule has 0 aromatic heterocycles. The molecule has 0 spiro atoms. The third kappa shape index (κ3) is 7.37. The Morgan fingerprint density at radius 2 is 0.863 bits per heavy atom.